The summed E-state index contributed by atoms with van der Waals surface area (Å²) in [6, 6.07) is 7.31. The van der Waals surface area contributed by atoms with Gasteiger partial charge in [-0.05, 0) is 31.9 Å². The molecule has 1 aromatic rings. The number of para-hydroxylation sites is 1. The molecule has 5 heteroatoms. The van der Waals surface area contributed by atoms with Crippen molar-refractivity contribution in [3.05, 3.63) is 54.1 Å². The molecule has 0 radical (unpaired) electrons. The minimum Gasteiger partial charge on any atom is -0.550 e. The summed E-state index contributed by atoms with van der Waals surface area (Å²) in [5.74, 6) is -3.13. The molecule has 1 aromatic carbocycles. The van der Waals surface area contributed by atoms with E-state index < -0.39 is 29.5 Å². The van der Waals surface area contributed by atoms with Crippen LogP contribution in [-0.2, 0) is 14.3 Å². The molecule has 0 aliphatic carbocycles. The number of ether oxygens (including phenoxy) is 1. The maximum absolute atomic E-state index is 13.3. The Hall–Kier alpha value is -2.40. The zero-order chi connectivity index (χ0) is 17.9. The molecular weight excluding hydrogens is 318 g/mol. The van der Waals surface area contributed by atoms with Crippen molar-refractivity contribution < 1.29 is 19.4 Å². The summed E-state index contributed by atoms with van der Waals surface area (Å²) in [5, 5.41) is 11.7. The van der Waals surface area contributed by atoms with Gasteiger partial charge in [-0.25, -0.2) is 0 Å². The van der Waals surface area contributed by atoms with Crippen molar-refractivity contribution in [2.45, 2.75) is 38.0 Å². The van der Waals surface area contributed by atoms with Crippen molar-refractivity contribution >= 4 is 17.6 Å². The highest BCUT2D eigenvalue weighted by Gasteiger charge is 2.69. The number of carboxylic acids is 1. The summed E-state index contributed by atoms with van der Waals surface area (Å²) in [5.41, 5.74) is 1.75. The molecule has 3 aliphatic heterocycles. The number of aryl methyl sites for hydroxylation is 1. The van der Waals surface area contributed by atoms with Gasteiger partial charge in [0.25, 0.3) is 0 Å². The number of hydrogen-bond donors (Lipinski definition) is 0. The molecular formula is C20H20NO4-. The molecule has 3 heterocycles. The standard InChI is InChI=1S/C20H21NO4/c1-11(2)10-15-20-9-8-14(25-20)16(19(23)24)17(20)18(22)21(15)13-7-5-4-6-12(13)3/h4-9,14-17H,1,10H2,2-3H3,(H,23,24)/p-1/t14-,15+,16+,17-,20-/m1/s1. The van der Waals surface area contributed by atoms with Crippen LogP contribution in [0, 0.1) is 18.8 Å². The van der Waals surface area contributed by atoms with Gasteiger partial charge in [0.1, 0.15) is 5.60 Å². The number of fused-ring (bicyclic) bond motifs is 1. The Morgan fingerprint density at radius 1 is 1.40 bits per heavy atom. The van der Waals surface area contributed by atoms with Crippen molar-refractivity contribution in [3.8, 4) is 0 Å². The van der Waals surface area contributed by atoms with Crippen LogP contribution in [0.25, 0.3) is 0 Å². The van der Waals surface area contributed by atoms with Gasteiger partial charge in [0.05, 0.1) is 18.1 Å². The zero-order valence-electron chi connectivity index (χ0n) is 14.3. The molecule has 5 nitrogen and oxygen atoms in total. The van der Waals surface area contributed by atoms with Crippen LogP contribution in [0.5, 0.6) is 0 Å². The number of carboxylic acid groups (broad SMARTS) is 1. The van der Waals surface area contributed by atoms with Crippen molar-refractivity contribution in [3.63, 3.8) is 0 Å². The monoisotopic (exact) mass is 338 g/mol. The number of nitrogens with zero attached hydrogens (tertiary/aromatic N) is 1. The van der Waals surface area contributed by atoms with Gasteiger partial charge in [-0.2, -0.15) is 0 Å². The Morgan fingerprint density at radius 3 is 2.76 bits per heavy atom. The van der Waals surface area contributed by atoms with Gasteiger partial charge < -0.3 is 19.5 Å². The minimum absolute atomic E-state index is 0.207. The molecule has 1 amide bonds. The van der Waals surface area contributed by atoms with Crippen LogP contribution in [0.15, 0.2) is 48.6 Å². The van der Waals surface area contributed by atoms with Crippen molar-refractivity contribution in [2.24, 2.45) is 11.8 Å². The topological polar surface area (TPSA) is 69.7 Å². The van der Waals surface area contributed by atoms with E-state index in [2.05, 4.69) is 6.58 Å². The van der Waals surface area contributed by atoms with E-state index in [4.69, 9.17) is 4.74 Å². The van der Waals surface area contributed by atoms with Crippen LogP contribution in [0.4, 0.5) is 5.69 Å². The van der Waals surface area contributed by atoms with Gasteiger partial charge in [0.15, 0.2) is 0 Å². The lowest BCUT2D eigenvalue weighted by molar-refractivity contribution is -0.313. The van der Waals surface area contributed by atoms with Crippen molar-refractivity contribution in [1.82, 2.24) is 0 Å². The second kappa shape index (κ2) is 5.30. The Kier molecular flexibility index (Phi) is 3.41. The average Bonchev–Trinajstić information content (AvgIpc) is 3.18. The van der Waals surface area contributed by atoms with Crippen LogP contribution < -0.4 is 10.0 Å². The second-order valence-corrected chi connectivity index (χ2v) is 7.29. The van der Waals surface area contributed by atoms with Gasteiger partial charge in [-0.3, -0.25) is 4.79 Å². The minimum atomic E-state index is -1.23. The van der Waals surface area contributed by atoms with E-state index in [1.807, 2.05) is 44.2 Å². The van der Waals surface area contributed by atoms with Crippen LogP contribution in [-0.4, -0.2) is 29.6 Å². The van der Waals surface area contributed by atoms with E-state index in [1.165, 1.54) is 0 Å². The first-order valence-electron chi connectivity index (χ1n) is 8.48. The Labute approximate surface area is 146 Å². The fraction of sp³-hybridized carbons (Fsp3) is 0.400. The fourth-order valence-electron chi connectivity index (χ4n) is 4.62. The largest absolute Gasteiger partial charge is 0.550 e. The molecule has 0 unspecified atom stereocenters. The molecule has 5 atom stereocenters. The van der Waals surface area contributed by atoms with Gasteiger partial charge in [0, 0.05) is 17.6 Å². The number of benzene rings is 1. The molecule has 130 valence electrons. The van der Waals surface area contributed by atoms with Gasteiger partial charge in [0.2, 0.25) is 5.91 Å². The lowest BCUT2D eigenvalue weighted by atomic mass is 9.74. The van der Waals surface area contributed by atoms with E-state index in [0.29, 0.717) is 6.42 Å². The number of amides is 1. The van der Waals surface area contributed by atoms with E-state index in [-0.39, 0.29) is 11.9 Å². The first-order valence-corrected chi connectivity index (χ1v) is 8.48. The fourth-order valence-corrected chi connectivity index (χ4v) is 4.62. The molecule has 2 fully saturated rings. The summed E-state index contributed by atoms with van der Waals surface area (Å²) >= 11 is 0. The van der Waals surface area contributed by atoms with Crippen LogP contribution >= 0.6 is 0 Å². The predicted octanol–water partition coefficient (Wildman–Crippen LogP) is 1.37. The number of anilines is 1. The molecule has 1 spiro atoms. The zero-order valence-corrected chi connectivity index (χ0v) is 14.3. The smallest absolute Gasteiger partial charge is 0.234 e. The van der Waals surface area contributed by atoms with Gasteiger partial charge in [-0.1, -0.05) is 35.9 Å². The molecule has 0 aromatic heterocycles. The summed E-state index contributed by atoms with van der Waals surface area (Å²) < 4.78 is 6.10. The number of aliphatic carboxylic acids is 1. The van der Waals surface area contributed by atoms with Crippen molar-refractivity contribution in [1.29, 1.82) is 0 Å². The van der Waals surface area contributed by atoms with E-state index in [9.17, 15) is 14.7 Å². The lowest BCUT2D eigenvalue weighted by Gasteiger charge is -2.34. The Morgan fingerprint density at radius 2 is 2.12 bits per heavy atom. The second-order valence-electron chi connectivity index (χ2n) is 7.29. The van der Waals surface area contributed by atoms with E-state index >= 15 is 0 Å². The van der Waals surface area contributed by atoms with Gasteiger partial charge in [-0.15, -0.1) is 6.58 Å². The highest BCUT2D eigenvalue weighted by molar-refractivity contribution is 6.03. The highest BCUT2D eigenvalue weighted by atomic mass is 16.5. The maximum atomic E-state index is 13.3. The predicted molar refractivity (Wildman–Crippen MR) is 90.6 cm³/mol. The maximum Gasteiger partial charge on any atom is 0.234 e. The van der Waals surface area contributed by atoms with Crippen LogP contribution in [0.3, 0.4) is 0 Å². The summed E-state index contributed by atoms with van der Waals surface area (Å²) in [4.78, 5) is 26.7. The SMILES string of the molecule is C=C(C)C[C@@H]1N(c2ccccc2C)C(=O)[C@H]2[C@@H](C(=O)[O-])[C@H]3C=C[C@@]12O3. The molecule has 0 N–H and O–H groups in total. The molecule has 3 aliphatic rings. The number of rotatable bonds is 4. The van der Waals surface area contributed by atoms with Crippen LogP contribution in [0.2, 0.25) is 0 Å². The molecule has 2 saturated heterocycles. The first kappa shape index (κ1) is 16.1. The number of carbonyl (C=O) groups is 2. The normalized spacial score (nSPS) is 35.3. The number of carbonyl (C=O) groups excluding carboxylic acids is 2. The van der Waals surface area contributed by atoms with Crippen LogP contribution in [0.1, 0.15) is 18.9 Å². The lowest BCUT2D eigenvalue weighted by Crippen LogP contribution is -2.46. The highest BCUT2D eigenvalue weighted by Crippen LogP contribution is 2.56. The number of hydrogen-bond acceptors (Lipinski definition) is 4. The molecule has 4 rings (SSSR count). The Bertz CT molecular complexity index is 814. The molecule has 0 saturated carbocycles. The van der Waals surface area contributed by atoms with E-state index in [1.54, 1.807) is 11.0 Å². The molecule has 25 heavy (non-hydrogen) atoms. The quantitative estimate of drug-likeness (QED) is 0.778. The third-order valence-electron chi connectivity index (χ3n) is 5.61. The van der Waals surface area contributed by atoms with Gasteiger partial charge >= 0.3 is 0 Å². The summed E-state index contributed by atoms with van der Waals surface area (Å²) in [6.07, 6.45) is 3.60. The molecule has 2 bridgehead atoms. The van der Waals surface area contributed by atoms with E-state index in [0.717, 1.165) is 16.8 Å². The third-order valence-corrected chi connectivity index (χ3v) is 5.61. The summed E-state index contributed by atoms with van der Waals surface area (Å²) in [7, 11) is 0. The van der Waals surface area contributed by atoms with Crippen molar-refractivity contribution in [2.75, 3.05) is 4.90 Å². The first-order chi connectivity index (χ1) is 11.9. The third kappa shape index (κ3) is 2.05. The Balaban J connectivity index is 1.87. The average molecular weight is 338 g/mol. The summed E-state index contributed by atoms with van der Waals surface area (Å²) in [6.45, 7) is 7.84.